The van der Waals surface area contributed by atoms with Crippen LogP contribution in [0.15, 0.2) is 59.5 Å². The van der Waals surface area contributed by atoms with Crippen LogP contribution in [-0.4, -0.2) is 22.1 Å². The summed E-state index contributed by atoms with van der Waals surface area (Å²) in [6, 6.07) is 15.1. The lowest BCUT2D eigenvalue weighted by Gasteiger charge is -2.17. The maximum Gasteiger partial charge on any atom is 0.293 e. The van der Waals surface area contributed by atoms with Crippen molar-refractivity contribution in [3.8, 4) is 0 Å². The number of rotatable bonds is 5. The zero-order chi connectivity index (χ0) is 18.7. The first-order chi connectivity index (χ1) is 12.5. The molecular formula is C20H18FNO3S. The fraction of sp³-hybridized carbons (Fsp3) is 0.200. The SMILES string of the molecule is CC(C)N1C(=O)SC(=C(OCc2ccccc2F)c2ccccc2)C1=O. The Morgan fingerprint density at radius 2 is 1.73 bits per heavy atom. The van der Waals surface area contributed by atoms with E-state index >= 15 is 0 Å². The normalized spacial score (nSPS) is 16.4. The van der Waals surface area contributed by atoms with Crippen molar-refractivity contribution in [2.45, 2.75) is 26.5 Å². The van der Waals surface area contributed by atoms with Crippen LogP contribution in [0.25, 0.3) is 5.76 Å². The van der Waals surface area contributed by atoms with E-state index in [4.69, 9.17) is 4.74 Å². The minimum Gasteiger partial charge on any atom is -0.487 e. The summed E-state index contributed by atoms with van der Waals surface area (Å²) in [5.74, 6) is -0.474. The van der Waals surface area contributed by atoms with Gasteiger partial charge in [-0.15, -0.1) is 0 Å². The molecule has 3 rings (SSSR count). The third-order valence-corrected chi connectivity index (χ3v) is 4.82. The molecule has 6 heteroatoms. The first-order valence-electron chi connectivity index (χ1n) is 8.20. The summed E-state index contributed by atoms with van der Waals surface area (Å²) < 4.78 is 19.7. The Hall–Kier alpha value is -2.60. The van der Waals surface area contributed by atoms with Gasteiger partial charge in [0.1, 0.15) is 23.1 Å². The van der Waals surface area contributed by atoms with E-state index in [0.29, 0.717) is 16.9 Å². The van der Waals surface area contributed by atoms with Crippen LogP contribution in [0.1, 0.15) is 25.0 Å². The third-order valence-electron chi connectivity index (χ3n) is 3.89. The highest BCUT2D eigenvalue weighted by Gasteiger charge is 2.39. The van der Waals surface area contributed by atoms with E-state index < -0.39 is 0 Å². The van der Waals surface area contributed by atoms with Gasteiger partial charge in [-0.2, -0.15) is 0 Å². The van der Waals surface area contributed by atoms with Crippen LogP contribution in [-0.2, 0) is 16.1 Å². The average molecular weight is 371 g/mol. The van der Waals surface area contributed by atoms with Crippen LogP contribution in [0.3, 0.4) is 0 Å². The molecular weight excluding hydrogens is 353 g/mol. The van der Waals surface area contributed by atoms with Crippen LogP contribution >= 0.6 is 11.8 Å². The molecule has 1 heterocycles. The summed E-state index contributed by atoms with van der Waals surface area (Å²) >= 11 is 0.851. The molecule has 26 heavy (non-hydrogen) atoms. The van der Waals surface area contributed by atoms with Crippen molar-refractivity contribution >= 4 is 28.7 Å². The zero-order valence-corrected chi connectivity index (χ0v) is 15.3. The Bertz CT molecular complexity index is 864. The predicted molar refractivity (Wildman–Crippen MR) is 99.5 cm³/mol. The van der Waals surface area contributed by atoms with Gasteiger partial charge in [0, 0.05) is 17.2 Å². The second kappa shape index (κ2) is 7.74. The van der Waals surface area contributed by atoms with E-state index in [9.17, 15) is 14.0 Å². The van der Waals surface area contributed by atoms with Gasteiger partial charge in [-0.05, 0) is 31.7 Å². The van der Waals surface area contributed by atoms with Crippen molar-refractivity contribution in [2.24, 2.45) is 0 Å². The van der Waals surface area contributed by atoms with Crippen molar-refractivity contribution in [2.75, 3.05) is 0 Å². The van der Waals surface area contributed by atoms with Crippen molar-refractivity contribution < 1.29 is 18.7 Å². The summed E-state index contributed by atoms with van der Waals surface area (Å²) in [7, 11) is 0. The Labute approximate surface area is 155 Å². The number of amides is 2. The van der Waals surface area contributed by atoms with E-state index in [1.807, 2.05) is 18.2 Å². The van der Waals surface area contributed by atoms with Gasteiger partial charge in [0.2, 0.25) is 0 Å². The second-order valence-corrected chi connectivity index (χ2v) is 7.00. The van der Waals surface area contributed by atoms with Crippen molar-refractivity contribution in [1.29, 1.82) is 0 Å². The minimum absolute atomic E-state index is 0.0376. The summed E-state index contributed by atoms with van der Waals surface area (Å²) in [6.07, 6.45) is 0. The van der Waals surface area contributed by atoms with Gasteiger partial charge in [-0.1, -0.05) is 48.5 Å². The van der Waals surface area contributed by atoms with Crippen LogP contribution in [0, 0.1) is 5.82 Å². The number of halogens is 1. The van der Waals surface area contributed by atoms with Gasteiger partial charge in [0.25, 0.3) is 11.1 Å². The molecule has 4 nitrogen and oxygen atoms in total. The topological polar surface area (TPSA) is 46.6 Å². The fourth-order valence-electron chi connectivity index (χ4n) is 2.60. The Morgan fingerprint density at radius 1 is 1.08 bits per heavy atom. The Kier molecular flexibility index (Phi) is 5.42. The number of nitrogens with zero attached hydrogens (tertiary/aromatic N) is 1. The molecule has 0 bridgehead atoms. The molecule has 1 fully saturated rings. The van der Waals surface area contributed by atoms with E-state index in [-0.39, 0.29) is 34.5 Å². The minimum atomic E-state index is -0.387. The number of carbonyl (C=O) groups is 2. The van der Waals surface area contributed by atoms with E-state index in [2.05, 4.69) is 0 Å². The molecule has 2 amide bonds. The molecule has 1 saturated heterocycles. The van der Waals surface area contributed by atoms with Crippen molar-refractivity contribution in [3.05, 3.63) is 76.4 Å². The van der Waals surface area contributed by atoms with Crippen LogP contribution in [0.4, 0.5) is 9.18 Å². The average Bonchev–Trinajstić information content (AvgIpc) is 2.92. The van der Waals surface area contributed by atoms with Crippen molar-refractivity contribution in [3.63, 3.8) is 0 Å². The largest absolute Gasteiger partial charge is 0.487 e. The molecule has 0 saturated carbocycles. The molecule has 1 aliphatic rings. The monoisotopic (exact) mass is 371 g/mol. The van der Waals surface area contributed by atoms with Gasteiger partial charge in [0.15, 0.2) is 0 Å². The summed E-state index contributed by atoms with van der Waals surface area (Å²) in [5, 5.41) is -0.331. The number of carbonyl (C=O) groups excluding carboxylic acids is 2. The van der Waals surface area contributed by atoms with Gasteiger partial charge < -0.3 is 4.74 Å². The lowest BCUT2D eigenvalue weighted by atomic mass is 10.1. The third kappa shape index (κ3) is 3.65. The van der Waals surface area contributed by atoms with Crippen molar-refractivity contribution in [1.82, 2.24) is 4.90 Å². The van der Waals surface area contributed by atoms with Gasteiger partial charge in [-0.3, -0.25) is 14.5 Å². The molecule has 2 aromatic carbocycles. The van der Waals surface area contributed by atoms with Gasteiger partial charge in [-0.25, -0.2) is 4.39 Å². The number of hydrogen-bond acceptors (Lipinski definition) is 4. The molecule has 134 valence electrons. The second-order valence-electron chi connectivity index (χ2n) is 6.04. The smallest absolute Gasteiger partial charge is 0.293 e. The molecule has 0 N–H and O–H groups in total. The lowest BCUT2D eigenvalue weighted by Crippen LogP contribution is -2.34. The Morgan fingerprint density at radius 3 is 2.35 bits per heavy atom. The molecule has 2 aromatic rings. The standard InChI is InChI=1S/C20H18FNO3S/c1-13(2)22-19(23)18(26-20(22)24)17(14-8-4-3-5-9-14)25-12-15-10-6-7-11-16(15)21/h3-11,13H,12H2,1-2H3. The molecule has 0 radical (unpaired) electrons. The summed E-state index contributed by atoms with van der Waals surface area (Å²) in [6.45, 7) is 3.52. The number of imide groups is 1. The molecule has 1 aliphatic heterocycles. The zero-order valence-electron chi connectivity index (χ0n) is 14.4. The first kappa shape index (κ1) is 18.2. The molecule has 0 spiro atoms. The highest BCUT2D eigenvalue weighted by molar-refractivity contribution is 8.18. The molecule has 0 atom stereocenters. The molecule has 0 aliphatic carbocycles. The number of thioether (sulfide) groups is 1. The number of benzene rings is 2. The first-order valence-corrected chi connectivity index (χ1v) is 9.02. The quantitative estimate of drug-likeness (QED) is 0.559. The fourth-order valence-corrected chi connectivity index (χ4v) is 3.62. The van der Waals surface area contributed by atoms with Crippen LogP contribution < -0.4 is 0 Å². The molecule has 0 unspecified atom stereocenters. The number of hydrogen-bond donors (Lipinski definition) is 0. The lowest BCUT2D eigenvalue weighted by molar-refractivity contribution is -0.123. The van der Waals surface area contributed by atoms with E-state index in [1.54, 1.807) is 44.2 Å². The summed E-state index contributed by atoms with van der Waals surface area (Å²) in [5.41, 5.74) is 1.04. The van der Waals surface area contributed by atoms with Crippen LogP contribution in [0.2, 0.25) is 0 Å². The molecule has 0 aromatic heterocycles. The Balaban J connectivity index is 1.98. The highest BCUT2D eigenvalue weighted by atomic mass is 32.2. The maximum atomic E-state index is 13.9. The predicted octanol–water partition coefficient (Wildman–Crippen LogP) is 4.81. The maximum absolute atomic E-state index is 13.9. The van der Waals surface area contributed by atoms with E-state index in [0.717, 1.165) is 11.8 Å². The highest BCUT2D eigenvalue weighted by Crippen LogP contribution is 2.38. The van der Waals surface area contributed by atoms with E-state index in [1.165, 1.54) is 11.0 Å². The number of ether oxygens (including phenoxy) is 1. The van der Waals surface area contributed by atoms with Gasteiger partial charge >= 0.3 is 0 Å². The van der Waals surface area contributed by atoms with Crippen LogP contribution in [0.5, 0.6) is 0 Å². The van der Waals surface area contributed by atoms with Gasteiger partial charge in [0.05, 0.1) is 0 Å². The summed E-state index contributed by atoms with van der Waals surface area (Å²) in [4.78, 5) is 26.4.